The number of Topliss-reactive ketones (excluding diaryl/α,β-unsaturated/α-hetero) is 1. The number of carboxylic acids is 2. The Kier molecular flexibility index (Phi) is 6.09. The Hall–Kier alpha value is 0.0905. The van der Waals surface area contributed by atoms with E-state index in [1.54, 1.807) is 0 Å². The maximum Gasteiger partial charge on any atom is 0.321 e. The molecule has 0 aromatic rings. The van der Waals surface area contributed by atoms with E-state index in [9.17, 15) is 14.4 Å². The van der Waals surface area contributed by atoms with Crippen molar-refractivity contribution >= 4 is 17.7 Å². The molecule has 5 nitrogen and oxygen atoms in total. The summed E-state index contributed by atoms with van der Waals surface area (Å²) in [7, 11) is 0. The zero-order valence-corrected chi connectivity index (χ0v) is 9.10. The predicted octanol–water partition coefficient (Wildman–Crippen LogP) is -0.500. The van der Waals surface area contributed by atoms with Crippen LogP contribution in [0.4, 0.5) is 0 Å². The quantitative estimate of drug-likeness (QED) is 0.503. The van der Waals surface area contributed by atoms with Crippen molar-refractivity contribution in [3.8, 4) is 0 Å². The minimum atomic E-state index is -1.82. The van der Waals surface area contributed by atoms with Gasteiger partial charge in [0, 0.05) is 57.6 Å². The van der Waals surface area contributed by atoms with Gasteiger partial charge < -0.3 is 10.2 Å². The molecule has 7 heteroatoms. The van der Waals surface area contributed by atoms with Crippen LogP contribution in [0, 0.1) is 5.41 Å². The van der Waals surface area contributed by atoms with Crippen LogP contribution >= 0.6 is 0 Å². The summed E-state index contributed by atoms with van der Waals surface area (Å²) in [5, 5.41) is 16.9. The molecule has 1 fully saturated rings. The Balaban J connectivity index is 0. The number of carbonyl (C=O) groups is 3. The summed E-state index contributed by atoms with van der Waals surface area (Å²) in [6.07, 6.45) is -0.755. The van der Waals surface area contributed by atoms with E-state index >= 15 is 0 Å². The first-order valence-corrected chi connectivity index (χ1v) is 2.97. The van der Waals surface area contributed by atoms with E-state index < -0.39 is 17.4 Å². The first-order chi connectivity index (χ1) is 4.99. The van der Waals surface area contributed by atoms with Gasteiger partial charge in [0.1, 0.15) is 5.78 Å². The Morgan fingerprint density at radius 1 is 1.08 bits per heavy atom. The van der Waals surface area contributed by atoms with Crippen molar-refractivity contribution in [3.63, 3.8) is 0 Å². The summed E-state index contributed by atoms with van der Waals surface area (Å²) in [4.78, 5) is 31.1. The van der Waals surface area contributed by atoms with Gasteiger partial charge in [0.2, 0.25) is 0 Å². The molecule has 0 spiro atoms. The number of hydrogen-bond acceptors (Lipinski definition) is 3. The fourth-order valence-corrected chi connectivity index (χ4v) is 1.02. The molecule has 82 valence electrons. The third kappa shape index (κ3) is 2.52. The van der Waals surface area contributed by atoms with Gasteiger partial charge >= 0.3 is 11.9 Å². The molecule has 0 atom stereocenters. The summed E-state index contributed by atoms with van der Waals surface area (Å²) < 4.78 is 0. The Morgan fingerprint density at radius 3 is 1.46 bits per heavy atom. The van der Waals surface area contributed by atoms with Gasteiger partial charge in [-0.05, 0) is 0 Å². The van der Waals surface area contributed by atoms with E-state index in [-0.39, 0.29) is 63.4 Å². The molecule has 0 amide bonds. The van der Waals surface area contributed by atoms with Crippen LogP contribution in [-0.4, -0.2) is 27.9 Å². The Labute approximate surface area is 105 Å². The fraction of sp³-hybridized carbons (Fsp3) is 0.500. The molecule has 2 N–H and O–H groups in total. The molecule has 2 radical (unpaired) electrons. The molecule has 0 unspecified atom stereocenters. The Bertz CT molecular complexity index is 225. The third-order valence-electron chi connectivity index (χ3n) is 1.82. The van der Waals surface area contributed by atoms with Gasteiger partial charge in [-0.15, -0.1) is 0 Å². The number of aliphatic carboxylic acids is 2. The topological polar surface area (TPSA) is 91.7 Å². The second-order valence-electron chi connectivity index (χ2n) is 2.58. The fourth-order valence-electron chi connectivity index (χ4n) is 1.02. The van der Waals surface area contributed by atoms with Gasteiger partial charge in [0.25, 0.3) is 0 Å². The number of rotatable bonds is 2. The summed E-state index contributed by atoms with van der Waals surface area (Å²) in [5.74, 6) is -3.16. The van der Waals surface area contributed by atoms with Gasteiger partial charge in [0.05, 0.1) is 0 Å². The molecule has 0 aromatic heterocycles. The molecular weight excluding hydrogens is 368 g/mol. The predicted molar refractivity (Wildman–Crippen MR) is 31.9 cm³/mol. The summed E-state index contributed by atoms with van der Waals surface area (Å²) in [5.41, 5.74) is -1.82. The second kappa shape index (κ2) is 5.09. The number of ketones is 1. The second-order valence-corrected chi connectivity index (χ2v) is 2.58. The van der Waals surface area contributed by atoms with Gasteiger partial charge in [-0.25, -0.2) is 0 Å². The van der Waals surface area contributed by atoms with Gasteiger partial charge in [-0.1, -0.05) is 0 Å². The maximum absolute atomic E-state index is 10.4. The average molecular weight is 374 g/mol. The number of carboxylic acid groups (broad SMARTS) is 2. The molecule has 1 rings (SSSR count). The van der Waals surface area contributed by atoms with Crippen LogP contribution in [0.2, 0.25) is 0 Å². The van der Waals surface area contributed by atoms with E-state index in [0.29, 0.717) is 0 Å². The largest absolute Gasteiger partial charge is 0.480 e. The van der Waals surface area contributed by atoms with Crippen LogP contribution < -0.4 is 0 Å². The van der Waals surface area contributed by atoms with Crippen LogP contribution in [-0.2, 0) is 59.1 Å². The zero-order chi connectivity index (χ0) is 8.65. The molecule has 13 heavy (non-hydrogen) atoms. The zero-order valence-electron chi connectivity index (χ0n) is 6.14. The molecule has 0 saturated heterocycles. The van der Waals surface area contributed by atoms with Crippen molar-refractivity contribution < 1.29 is 69.4 Å². The summed E-state index contributed by atoms with van der Waals surface area (Å²) >= 11 is 0. The molecule has 0 aromatic carbocycles. The van der Waals surface area contributed by atoms with Crippen LogP contribution in [0.15, 0.2) is 0 Å². The van der Waals surface area contributed by atoms with Crippen molar-refractivity contribution in [2.45, 2.75) is 12.8 Å². The molecule has 0 heterocycles. The molecule has 1 aliphatic carbocycles. The summed E-state index contributed by atoms with van der Waals surface area (Å²) in [6.45, 7) is 0. The first-order valence-electron chi connectivity index (χ1n) is 2.97. The van der Waals surface area contributed by atoms with Crippen LogP contribution in [0.5, 0.6) is 0 Å². The van der Waals surface area contributed by atoms with E-state index in [1.165, 1.54) is 0 Å². The van der Waals surface area contributed by atoms with E-state index in [4.69, 9.17) is 10.2 Å². The van der Waals surface area contributed by atoms with E-state index in [1.807, 2.05) is 0 Å². The van der Waals surface area contributed by atoms with E-state index in [0.717, 1.165) is 0 Å². The van der Waals surface area contributed by atoms with Crippen LogP contribution in [0.1, 0.15) is 12.8 Å². The smallest absolute Gasteiger partial charge is 0.321 e. The SMILES string of the molecule is O=C1CC(C(=O)O)(C(=O)O)C1.[Ag].[Ag]. The number of hydrogen-bond donors (Lipinski definition) is 2. The summed E-state index contributed by atoms with van der Waals surface area (Å²) in [6, 6.07) is 0. The van der Waals surface area contributed by atoms with Crippen molar-refractivity contribution in [2.75, 3.05) is 0 Å². The van der Waals surface area contributed by atoms with Crippen molar-refractivity contribution in [3.05, 3.63) is 0 Å². The van der Waals surface area contributed by atoms with E-state index in [2.05, 4.69) is 0 Å². The van der Waals surface area contributed by atoms with Gasteiger partial charge in [-0.2, -0.15) is 0 Å². The van der Waals surface area contributed by atoms with Gasteiger partial charge in [-0.3, -0.25) is 14.4 Å². The van der Waals surface area contributed by atoms with Crippen LogP contribution in [0.25, 0.3) is 0 Å². The molecular formula is C6H6Ag2O5. The van der Waals surface area contributed by atoms with Crippen molar-refractivity contribution in [1.29, 1.82) is 0 Å². The standard InChI is InChI=1S/C6H6O5.2Ag/c7-3-1-6(2-3,4(8)9)5(10)11;;/h1-2H2,(H,8,9)(H,10,11);;. The monoisotopic (exact) mass is 372 g/mol. The minimum Gasteiger partial charge on any atom is -0.480 e. The minimum absolute atomic E-state index is 0. The molecule has 1 aliphatic rings. The molecule has 1 saturated carbocycles. The first kappa shape index (κ1) is 15.6. The third-order valence-corrected chi connectivity index (χ3v) is 1.82. The average Bonchev–Trinajstić information content (AvgIpc) is 1.78. The van der Waals surface area contributed by atoms with Gasteiger partial charge in [0.15, 0.2) is 5.41 Å². The maximum atomic E-state index is 10.4. The van der Waals surface area contributed by atoms with Crippen molar-refractivity contribution in [1.82, 2.24) is 0 Å². The molecule has 0 aliphatic heterocycles. The number of carbonyl (C=O) groups excluding carboxylic acids is 1. The Morgan fingerprint density at radius 2 is 1.38 bits per heavy atom. The van der Waals surface area contributed by atoms with Crippen LogP contribution in [0.3, 0.4) is 0 Å². The normalized spacial score (nSPS) is 17.4. The van der Waals surface area contributed by atoms with Crippen molar-refractivity contribution in [2.24, 2.45) is 5.41 Å². The molecule has 0 bridgehead atoms.